The first-order chi connectivity index (χ1) is 19.1. The van der Waals surface area contributed by atoms with Gasteiger partial charge in [0.15, 0.2) is 0 Å². The first-order valence-corrected chi connectivity index (χ1v) is 14.2. The van der Waals surface area contributed by atoms with Gasteiger partial charge in [-0.15, -0.1) is 0 Å². The van der Waals surface area contributed by atoms with E-state index in [2.05, 4.69) is 10.2 Å². The number of rotatable bonds is 4. The standard InChI is InChI=1S/C30H33F3N4O3/c31-30(32,33)20-6-4-19(5-7-20)16-36-15-12-22(29(18-36)13-2-1-3-14-29)23-9-8-21-24(34-23)17-37(28(21)40)25-10-11-26(38)35-27(25)39/h4-9,22,25H,1-3,10-18H2,(H,35,38,39). The molecule has 1 spiro atoms. The largest absolute Gasteiger partial charge is 0.416 e. The van der Waals surface area contributed by atoms with Gasteiger partial charge in [-0.25, -0.2) is 0 Å². The number of likely N-dealkylation sites (tertiary alicyclic amines) is 1. The number of nitrogens with zero attached hydrogens (tertiary/aromatic N) is 3. The van der Waals surface area contributed by atoms with E-state index in [-0.39, 0.29) is 36.1 Å². The number of fused-ring (bicyclic) bond motifs is 1. The van der Waals surface area contributed by atoms with Gasteiger partial charge in [0.2, 0.25) is 11.8 Å². The Labute approximate surface area is 231 Å². The van der Waals surface area contributed by atoms with Crippen molar-refractivity contribution in [1.29, 1.82) is 0 Å². The molecule has 3 fully saturated rings. The SMILES string of the molecule is O=C1CCC(N2Cc3nc(C4CCN(Cc5ccc(C(F)(F)F)cc5)CC45CCCCC5)ccc3C2=O)C(=O)N1. The molecule has 1 aromatic carbocycles. The molecule has 1 aromatic heterocycles. The summed E-state index contributed by atoms with van der Waals surface area (Å²) in [6.45, 7) is 2.54. The highest BCUT2D eigenvalue weighted by Gasteiger charge is 2.46. The molecule has 1 saturated carbocycles. The molecule has 1 N–H and O–H groups in total. The molecule has 0 bridgehead atoms. The number of hydrogen-bond donors (Lipinski definition) is 1. The van der Waals surface area contributed by atoms with Crippen LogP contribution in [0.25, 0.3) is 0 Å². The summed E-state index contributed by atoms with van der Waals surface area (Å²) >= 11 is 0. The maximum absolute atomic E-state index is 13.2. The monoisotopic (exact) mass is 554 g/mol. The Morgan fingerprint density at radius 3 is 2.42 bits per heavy atom. The summed E-state index contributed by atoms with van der Waals surface area (Å²) in [7, 11) is 0. The van der Waals surface area contributed by atoms with Crippen molar-refractivity contribution in [2.24, 2.45) is 5.41 Å². The number of carbonyl (C=O) groups excluding carboxylic acids is 3. The van der Waals surface area contributed by atoms with Gasteiger partial charge in [0.05, 0.1) is 23.4 Å². The zero-order chi connectivity index (χ0) is 28.1. The highest BCUT2D eigenvalue weighted by Crippen LogP contribution is 2.51. The Balaban J connectivity index is 1.20. The van der Waals surface area contributed by atoms with Crippen LogP contribution in [0, 0.1) is 5.41 Å². The Morgan fingerprint density at radius 2 is 1.73 bits per heavy atom. The molecule has 2 saturated heterocycles. The van der Waals surface area contributed by atoms with Gasteiger partial charge in [-0.05, 0) is 67.5 Å². The average molecular weight is 555 g/mol. The van der Waals surface area contributed by atoms with E-state index < -0.39 is 23.7 Å². The van der Waals surface area contributed by atoms with Crippen LogP contribution < -0.4 is 5.32 Å². The lowest BCUT2D eigenvalue weighted by atomic mass is 9.61. The molecule has 212 valence electrons. The van der Waals surface area contributed by atoms with Crippen LogP contribution in [0.5, 0.6) is 0 Å². The number of pyridine rings is 1. The number of halogens is 3. The van der Waals surface area contributed by atoms with Crippen LogP contribution in [0.3, 0.4) is 0 Å². The van der Waals surface area contributed by atoms with E-state index in [4.69, 9.17) is 4.98 Å². The van der Waals surface area contributed by atoms with E-state index in [1.54, 1.807) is 12.1 Å². The average Bonchev–Trinajstić information content (AvgIpc) is 3.24. The molecular weight excluding hydrogens is 521 g/mol. The van der Waals surface area contributed by atoms with Crippen molar-refractivity contribution in [2.75, 3.05) is 13.1 Å². The fourth-order valence-corrected chi connectivity index (χ4v) is 7.32. The molecule has 1 aliphatic carbocycles. The second-order valence-corrected chi connectivity index (χ2v) is 11.8. The van der Waals surface area contributed by atoms with Gasteiger partial charge in [-0.3, -0.25) is 29.6 Å². The highest BCUT2D eigenvalue weighted by atomic mass is 19.4. The topological polar surface area (TPSA) is 82.6 Å². The van der Waals surface area contributed by atoms with Crippen LogP contribution in [-0.4, -0.2) is 51.6 Å². The predicted octanol–water partition coefficient (Wildman–Crippen LogP) is 4.80. The minimum absolute atomic E-state index is 0.0234. The molecule has 4 aliphatic rings. The molecule has 10 heteroatoms. The van der Waals surface area contributed by atoms with E-state index in [0.29, 0.717) is 24.2 Å². The second-order valence-electron chi connectivity index (χ2n) is 11.8. The zero-order valence-electron chi connectivity index (χ0n) is 22.3. The summed E-state index contributed by atoms with van der Waals surface area (Å²) in [6, 6.07) is 8.62. The lowest BCUT2D eigenvalue weighted by molar-refractivity contribution is -0.138. The molecule has 2 atom stereocenters. The maximum Gasteiger partial charge on any atom is 0.416 e. The van der Waals surface area contributed by atoms with Crippen molar-refractivity contribution in [3.8, 4) is 0 Å². The molecule has 0 radical (unpaired) electrons. The molecule has 40 heavy (non-hydrogen) atoms. The van der Waals surface area contributed by atoms with Crippen LogP contribution in [0.1, 0.15) is 90.2 Å². The van der Waals surface area contributed by atoms with Crippen molar-refractivity contribution >= 4 is 17.7 Å². The van der Waals surface area contributed by atoms with Crippen LogP contribution in [0.15, 0.2) is 36.4 Å². The van der Waals surface area contributed by atoms with Crippen LogP contribution in [0.4, 0.5) is 13.2 Å². The fourth-order valence-electron chi connectivity index (χ4n) is 7.32. The van der Waals surface area contributed by atoms with Gasteiger partial charge < -0.3 is 4.90 Å². The summed E-state index contributed by atoms with van der Waals surface area (Å²) in [5, 5.41) is 2.34. The van der Waals surface area contributed by atoms with Gasteiger partial charge >= 0.3 is 6.18 Å². The third kappa shape index (κ3) is 5.02. The van der Waals surface area contributed by atoms with Crippen molar-refractivity contribution in [1.82, 2.24) is 20.1 Å². The lowest BCUT2D eigenvalue weighted by Crippen LogP contribution is -2.52. The fraction of sp³-hybridized carbons (Fsp3) is 0.533. The summed E-state index contributed by atoms with van der Waals surface area (Å²) in [5.74, 6) is -0.739. The number of alkyl halides is 3. The number of piperidine rings is 2. The van der Waals surface area contributed by atoms with E-state index in [1.165, 1.54) is 11.3 Å². The van der Waals surface area contributed by atoms with E-state index in [9.17, 15) is 27.6 Å². The third-order valence-electron chi connectivity index (χ3n) is 9.30. The van der Waals surface area contributed by atoms with Crippen LogP contribution >= 0.6 is 0 Å². The van der Waals surface area contributed by atoms with Crippen molar-refractivity contribution in [3.63, 3.8) is 0 Å². The lowest BCUT2D eigenvalue weighted by Gasteiger charge is -2.50. The van der Waals surface area contributed by atoms with Crippen LogP contribution in [-0.2, 0) is 28.9 Å². The highest BCUT2D eigenvalue weighted by molar-refractivity contribution is 6.05. The van der Waals surface area contributed by atoms with Crippen LogP contribution in [0.2, 0.25) is 0 Å². The van der Waals surface area contributed by atoms with E-state index in [0.717, 1.165) is 68.6 Å². The Hall–Kier alpha value is -3.27. The van der Waals surface area contributed by atoms with Crippen molar-refractivity contribution < 1.29 is 27.6 Å². The minimum Gasteiger partial charge on any atom is -0.321 e. The molecule has 2 aromatic rings. The second kappa shape index (κ2) is 10.3. The summed E-state index contributed by atoms with van der Waals surface area (Å²) in [5.41, 5.74) is 2.45. The van der Waals surface area contributed by atoms with Gasteiger partial charge in [0.1, 0.15) is 6.04 Å². The van der Waals surface area contributed by atoms with E-state index in [1.807, 2.05) is 12.1 Å². The van der Waals surface area contributed by atoms with Crippen molar-refractivity contribution in [2.45, 2.75) is 82.6 Å². The number of carbonyl (C=O) groups is 3. The molecule has 7 nitrogen and oxygen atoms in total. The van der Waals surface area contributed by atoms with E-state index >= 15 is 0 Å². The Morgan fingerprint density at radius 1 is 0.975 bits per heavy atom. The first-order valence-electron chi connectivity index (χ1n) is 14.2. The predicted molar refractivity (Wildman–Crippen MR) is 140 cm³/mol. The molecular formula is C30H33F3N4O3. The summed E-state index contributed by atoms with van der Waals surface area (Å²) in [6.07, 6.45) is 2.69. The number of nitrogens with one attached hydrogen (secondary N) is 1. The summed E-state index contributed by atoms with van der Waals surface area (Å²) in [4.78, 5) is 46.1. The van der Waals surface area contributed by atoms with Gasteiger partial charge in [0, 0.05) is 31.1 Å². The molecule has 3 amide bonds. The maximum atomic E-state index is 13.2. The summed E-state index contributed by atoms with van der Waals surface area (Å²) < 4.78 is 39.0. The van der Waals surface area contributed by atoms with Gasteiger partial charge in [-0.2, -0.15) is 13.2 Å². The number of imide groups is 1. The molecule has 6 rings (SSSR count). The molecule has 2 unspecified atom stereocenters. The Kier molecular flexibility index (Phi) is 6.92. The quantitative estimate of drug-likeness (QED) is 0.549. The minimum atomic E-state index is -4.34. The first kappa shape index (κ1) is 26.9. The number of benzene rings is 1. The number of hydrogen-bond acceptors (Lipinski definition) is 5. The zero-order valence-corrected chi connectivity index (χ0v) is 22.3. The van der Waals surface area contributed by atoms with Gasteiger partial charge in [0.25, 0.3) is 5.91 Å². The normalized spacial score (nSPS) is 25.3. The third-order valence-corrected chi connectivity index (χ3v) is 9.30. The Bertz CT molecular complexity index is 1320. The van der Waals surface area contributed by atoms with Gasteiger partial charge in [-0.1, -0.05) is 31.4 Å². The number of aromatic nitrogens is 1. The molecule has 3 aliphatic heterocycles. The molecule has 4 heterocycles. The van der Waals surface area contributed by atoms with Crippen molar-refractivity contribution in [3.05, 3.63) is 64.5 Å². The smallest absolute Gasteiger partial charge is 0.321 e. The number of amides is 3.